The van der Waals surface area contributed by atoms with E-state index in [1.165, 1.54) is 0 Å². The zero-order valence-electron chi connectivity index (χ0n) is 46.4. The summed E-state index contributed by atoms with van der Waals surface area (Å²) in [6.45, 7) is 10.7. The Morgan fingerprint density at radius 3 is 0.535 bits per heavy atom. The fourth-order valence-corrected chi connectivity index (χ4v) is 8.06. The molecule has 0 radical (unpaired) electrons. The highest BCUT2D eigenvalue weighted by Crippen LogP contribution is 2.28. The number of rotatable bonds is 52. The second kappa shape index (κ2) is 47.8. The zero-order valence-corrected chi connectivity index (χ0v) is 46.4. The van der Waals surface area contributed by atoms with Crippen molar-refractivity contribution in [2.24, 2.45) is 10.8 Å². The highest BCUT2D eigenvalue weighted by Gasteiger charge is 2.41. The Bertz CT molecular complexity index is 1090. The van der Waals surface area contributed by atoms with Gasteiger partial charge in [-0.15, -0.1) is 0 Å². The molecule has 0 aromatic heterocycles. The van der Waals surface area contributed by atoms with Crippen molar-refractivity contribution in [1.29, 1.82) is 0 Å². The molecule has 0 saturated heterocycles. The van der Waals surface area contributed by atoms with Crippen LogP contribution in [0.1, 0.15) is 273 Å². The molecule has 0 aliphatic heterocycles. The molecule has 13 heteroatoms. The highest BCUT2D eigenvalue weighted by molar-refractivity contribution is 5.71. The number of ether oxygens (including phenoxy) is 7. The molecule has 0 N–H and O–H groups in total. The van der Waals surface area contributed by atoms with Crippen LogP contribution in [-0.2, 0) is 61.9 Å². The van der Waals surface area contributed by atoms with Gasteiger partial charge in [0.2, 0.25) is 0 Å². The summed E-state index contributed by atoms with van der Waals surface area (Å²) >= 11 is 0. The van der Waals surface area contributed by atoms with E-state index in [4.69, 9.17) is 33.2 Å². The topological polar surface area (TPSA) is 167 Å². The molecule has 0 aliphatic carbocycles. The molecule has 0 bridgehead atoms. The molecule has 0 fully saturated rings. The van der Waals surface area contributed by atoms with E-state index in [1.54, 1.807) is 0 Å². The summed E-state index contributed by atoms with van der Waals surface area (Å²) in [5.41, 5.74) is -2.67. The SMILES string of the molecule is CCCCCCCC(=O)OCC(COCC(COC(=O)CCCCCCC)(COC(=O)CCCCCCC)COC(=O)CCCCCCC)(COC(=O)CCCCCCC)COC(=O)CCCCCCC. The van der Waals surface area contributed by atoms with E-state index in [0.717, 1.165) is 154 Å². The highest BCUT2D eigenvalue weighted by atomic mass is 16.6. The largest absolute Gasteiger partial charge is 0.465 e. The van der Waals surface area contributed by atoms with Crippen molar-refractivity contribution in [2.75, 3.05) is 52.9 Å². The Hall–Kier alpha value is -3.22. The lowest BCUT2D eigenvalue weighted by atomic mass is 9.90. The fraction of sp³-hybridized carbons (Fsp3) is 0.897. The van der Waals surface area contributed by atoms with Crippen LogP contribution in [0.5, 0.6) is 0 Å². The molecule has 13 nitrogen and oxygen atoms in total. The van der Waals surface area contributed by atoms with E-state index in [1.807, 2.05) is 0 Å². The van der Waals surface area contributed by atoms with E-state index in [0.29, 0.717) is 38.5 Å². The Balaban J connectivity index is 6.94. The maximum Gasteiger partial charge on any atom is 0.305 e. The molecular weight excluding hydrogens is 905 g/mol. The minimum atomic E-state index is -1.33. The van der Waals surface area contributed by atoms with E-state index in [9.17, 15) is 28.8 Å². The summed E-state index contributed by atoms with van der Waals surface area (Å²) in [5, 5.41) is 0. The maximum absolute atomic E-state index is 13.3. The number of carbonyl (C=O) groups excluding carboxylic acids is 6. The maximum atomic E-state index is 13.3. The summed E-state index contributed by atoms with van der Waals surface area (Å²) in [4.78, 5) is 79.7. The van der Waals surface area contributed by atoms with E-state index < -0.39 is 46.6 Å². The number of hydrogen-bond donors (Lipinski definition) is 0. The molecule has 0 unspecified atom stereocenters. The molecule has 71 heavy (non-hydrogen) atoms. The van der Waals surface area contributed by atoms with E-state index in [2.05, 4.69) is 41.5 Å². The van der Waals surface area contributed by atoms with Gasteiger partial charge in [-0.2, -0.15) is 0 Å². The third-order valence-corrected chi connectivity index (χ3v) is 13.0. The van der Waals surface area contributed by atoms with Gasteiger partial charge in [-0.3, -0.25) is 28.8 Å². The average Bonchev–Trinajstić information content (AvgIpc) is 3.36. The van der Waals surface area contributed by atoms with Crippen molar-refractivity contribution < 1.29 is 61.9 Å². The van der Waals surface area contributed by atoms with Crippen LogP contribution in [0.4, 0.5) is 0 Å². The van der Waals surface area contributed by atoms with E-state index in [-0.39, 0.29) is 91.4 Å². The van der Waals surface area contributed by atoms with Crippen molar-refractivity contribution >= 4 is 35.8 Å². The third kappa shape index (κ3) is 40.9. The lowest BCUT2D eigenvalue weighted by Gasteiger charge is -2.35. The van der Waals surface area contributed by atoms with Gasteiger partial charge in [0.05, 0.1) is 24.0 Å². The van der Waals surface area contributed by atoms with Crippen LogP contribution >= 0.6 is 0 Å². The molecule has 0 aliphatic rings. The van der Waals surface area contributed by atoms with Crippen LogP contribution in [-0.4, -0.2) is 88.7 Å². The molecule has 0 aromatic carbocycles. The summed E-state index contributed by atoms with van der Waals surface area (Å²) in [5.74, 6) is -2.53. The molecule has 0 amide bonds. The Morgan fingerprint density at radius 2 is 0.380 bits per heavy atom. The van der Waals surface area contributed by atoms with Gasteiger partial charge in [-0.25, -0.2) is 0 Å². The molecule has 0 heterocycles. The molecule has 416 valence electrons. The van der Waals surface area contributed by atoms with Gasteiger partial charge in [-0.1, -0.05) is 196 Å². The van der Waals surface area contributed by atoms with E-state index >= 15 is 0 Å². The second-order valence-electron chi connectivity index (χ2n) is 20.4. The summed E-state index contributed by atoms with van der Waals surface area (Å²) < 4.78 is 42.1. The number of carbonyl (C=O) groups is 6. The number of esters is 6. The van der Waals surface area contributed by atoms with Gasteiger partial charge in [0.25, 0.3) is 0 Å². The fourth-order valence-electron chi connectivity index (χ4n) is 8.06. The Morgan fingerprint density at radius 1 is 0.225 bits per heavy atom. The molecule has 0 spiro atoms. The lowest BCUT2D eigenvalue weighted by molar-refractivity contribution is -0.175. The quantitative estimate of drug-likeness (QED) is 0.0321. The first-order chi connectivity index (χ1) is 34.4. The van der Waals surface area contributed by atoms with Crippen molar-refractivity contribution in [1.82, 2.24) is 0 Å². The van der Waals surface area contributed by atoms with Crippen LogP contribution in [0.2, 0.25) is 0 Å². The predicted molar refractivity (Wildman–Crippen MR) is 282 cm³/mol. The molecule has 0 saturated carbocycles. The lowest BCUT2D eigenvalue weighted by Crippen LogP contribution is -2.47. The standard InChI is InChI=1S/C58H106O13/c1-7-13-19-25-31-37-51(59)66-45-57(46-67-52(60)38-32-26-20-14-8-2,47-68-53(61)39-33-27-21-15-9-3)43-65-44-58(48-69-54(62)40-34-28-22-16-10-4,49-70-55(63)41-35-29-23-17-11-5)50-71-56(64)42-36-30-24-18-12-6/h7-50H2,1-6H3. The van der Waals surface area contributed by atoms with Crippen LogP contribution in [0.25, 0.3) is 0 Å². The Kier molecular flexibility index (Phi) is 45.6. The zero-order chi connectivity index (χ0) is 52.5. The van der Waals surface area contributed by atoms with Crippen LogP contribution in [0.3, 0.4) is 0 Å². The molecule has 0 aromatic rings. The first kappa shape index (κ1) is 67.8. The van der Waals surface area contributed by atoms with Gasteiger partial charge >= 0.3 is 35.8 Å². The summed E-state index contributed by atoms with van der Waals surface area (Å²) in [6.07, 6.45) is 29.6. The smallest absolute Gasteiger partial charge is 0.305 e. The van der Waals surface area contributed by atoms with Crippen molar-refractivity contribution in [3.8, 4) is 0 Å². The molecule has 0 atom stereocenters. The number of hydrogen-bond acceptors (Lipinski definition) is 13. The Labute approximate surface area is 432 Å². The predicted octanol–water partition coefficient (Wildman–Crippen LogP) is 14.4. The first-order valence-electron chi connectivity index (χ1n) is 29.0. The van der Waals surface area contributed by atoms with Crippen molar-refractivity contribution in [3.63, 3.8) is 0 Å². The average molecular weight is 1010 g/mol. The van der Waals surface area contributed by atoms with Crippen LogP contribution in [0, 0.1) is 10.8 Å². The minimum Gasteiger partial charge on any atom is -0.465 e. The normalized spacial score (nSPS) is 11.6. The van der Waals surface area contributed by atoms with Crippen LogP contribution < -0.4 is 0 Å². The first-order valence-corrected chi connectivity index (χ1v) is 29.0. The van der Waals surface area contributed by atoms with Crippen molar-refractivity contribution in [2.45, 2.75) is 273 Å². The molecule has 0 rings (SSSR count). The van der Waals surface area contributed by atoms with Gasteiger partial charge in [0, 0.05) is 38.5 Å². The van der Waals surface area contributed by atoms with Gasteiger partial charge in [-0.05, 0) is 38.5 Å². The minimum absolute atomic E-state index is 0.205. The second-order valence-corrected chi connectivity index (χ2v) is 20.4. The summed E-state index contributed by atoms with van der Waals surface area (Å²) in [7, 11) is 0. The van der Waals surface area contributed by atoms with Gasteiger partial charge < -0.3 is 33.2 Å². The third-order valence-electron chi connectivity index (χ3n) is 13.0. The van der Waals surface area contributed by atoms with Crippen LogP contribution in [0.15, 0.2) is 0 Å². The summed E-state index contributed by atoms with van der Waals surface area (Å²) in [6, 6.07) is 0. The van der Waals surface area contributed by atoms with Crippen molar-refractivity contribution in [3.05, 3.63) is 0 Å². The number of unbranched alkanes of at least 4 members (excludes halogenated alkanes) is 24. The molecular formula is C58H106O13. The van der Waals surface area contributed by atoms with Gasteiger partial charge in [0.15, 0.2) is 0 Å². The monoisotopic (exact) mass is 1010 g/mol. The van der Waals surface area contributed by atoms with Gasteiger partial charge in [0.1, 0.15) is 39.6 Å².